The highest BCUT2D eigenvalue weighted by atomic mass is 16.2. The molecule has 6 heteroatoms. The Labute approximate surface area is 117 Å². The van der Waals surface area contributed by atoms with Gasteiger partial charge in [-0.25, -0.2) is 9.97 Å². The van der Waals surface area contributed by atoms with Crippen LogP contribution in [0.3, 0.4) is 0 Å². The molecule has 2 aromatic rings. The minimum absolute atomic E-state index is 0.139. The van der Waals surface area contributed by atoms with E-state index in [9.17, 15) is 4.79 Å². The first-order chi connectivity index (χ1) is 9.74. The van der Waals surface area contributed by atoms with E-state index in [2.05, 4.69) is 14.9 Å². The minimum Gasteiger partial charge on any atom is -0.353 e. The molecule has 1 fully saturated rings. The fourth-order valence-electron chi connectivity index (χ4n) is 2.39. The van der Waals surface area contributed by atoms with Gasteiger partial charge >= 0.3 is 0 Å². The Hall–Kier alpha value is -2.37. The molecule has 1 amide bonds. The largest absolute Gasteiger partial charge is 0.353 e. The van der Waals surface area contributed by atoms with Crippen molar-refractivity contribution in [2.75, 3.05) is 31.1 Å². The van der Waals surface area contributed by atoms with Crippen molar-refractivity contribution in [2.24, 2.45) is 0 Å². The van der Waals surface area contributed by atoms with E-state index in [4.69, 9.17) is 0 Å². The van der Waals surface area contributed by atoms with E-state index in [-0.39, 0.29) is 5.91 Å². The Kier molecular flexibility index (Phi) is 3.37. The lowest BCUT2D eigenvalue weighted by molar-refractivity contribution is -0.129. The monoisotopic (exact) mass is 271 g/mol. The third kappa shape index (κ3) is 2.49. The Bertz CT molecular complexity index is 587. The van der Waals surface area contributed by atoms with Crippen LogP contribution in [0.25, 0.3) is 5.82 Å². The number of amides is 1. The Morgan fingerprint density at radius 3 is 2.35 bits per heavy atom. The maximum atomic E-state index is 11.3. The highest BCUT2D eigenvalue weighted by Gasteiger charge is 2.19. The predicted molar refractivity (Wildman–Crippen MR) is 75.8 cm³/mol. The third-order valence-electron chi connectivity index (χ3n) is 3.56. The highest BCUT2D eigenvalue weighted by molar-refractivity contribution is 5.73. The van der Waals surface area contributed by atoms with Crippen molar-refractivity contribution >= 4 is 11.7 Å². The first kappa shape index (κ1) is 12.7. The van der Waals surface area contributed by atoms with Crippen molar-refractivity contribution in [3.63, 3.8) is 0 Å². The van der Waals surface area contributed by atoms with Crippen LogP contribution in [0, 0.1) is 0 Å². The van der Waals surface area contributed by atoms with E-state index < -0.39 is 0 Å². The van der Waals surface area contributed by atoms with E-state index in [0.717, 1.165) is 37.8 Å². The SMILES string of the molecule is CC(=O)N1CCN(c2cc(-n3cccc3)ncn2)CC1. The summed E-state index contributed by atoms with van der Waals surface area (Å²) in [7, 11) is 0. The minimum atomic E-state index is 0.139. The number of anilines is 1. The molecule has 0 bridgehead atoms. The number of rotatable bonds is 2. The fraction of sp³-hybridized carbons (Fsp3) is 0.357. The molecule has 1 saturated heterocycles. The highest BCUT2D eigenvalue weighted by Crippen LogP contribution is 2.16. The van der Waals surface area contributed by atoms with Crippen molar-refractivity contribution < 1.29 is 4.79 Å². The fourth-order valence-corrected chi connectivity index (χ4v) is 2.39. The molecular formula is C14H17N5O. The molecule has 0 radical (unpaired) electrons. The van der Waals surface area contributed by atoms with Crippen molar-refractivity contribution in [2.45, 2.75) is 6.92 Å². The summed E-state index contributed by atoms with van der Waals surface area (Å²) in [5.74, 6) is 1.90. The molecule has 0 aliphatic carbocycles. The summed E-state index contributed by atoms with van der Waals surface area (Å²) in [6.07, 6.45) is 5.50. The summed E-state index contributed by atoms with van der Waals surface area (Å²) >= 11 is 0. The maximum absolute atomic E-state index is 11.3. The lowest BCUT2D eigenvalue weighted by atomic mass is 10.3. The number of carbonyl (C=O) groups excluding carboxylic acids is 1. The number of carbonyl (C=O) groups is 1. The number of aromatic nitrogens is 3. The first-order valence-corrected chi connectivity index (χ1v) is 6.70. The Balaban J connectivity index is 1.75. The molecule has 1 aliphatic rings. The van der Waals surface area contributed by atoms with Gasteiger partial charge < -0.3 is 14.4 Å². The van der Waals surface area contributed by atoms with E-state index in [1.807, 2.05) is 40.1 Å². The van der Waals surface area contributed by atoms with Gasteiger partial charge in [0.05, 0.1) is 0 Å². The maximum Gasteiger partial charge on any atom is 0.219 e. The smallest absolute Gasteiger partial charge is 0.219 e. The van der Waals surface area contributed by atoms with E-state index >= 15 is 0 Å². The molecule has 0 saturated carbocycles. The topological polar surface area (TPSA) is 54.3 Å². The van der Waals surface area contributed by atoms with E-state index in [0.29, 0.717) is 0 Å². The van der Waals surface area contributed by atoms with Gasteiger partial charge in [-0.15, -0.1) is 0 Å². The number of hydrogen-bond acceptors (Lipinski definition) is 4. The Morgan fingerprint density at radius 2 is 1.70 bits per heavy atom. The van der Waals surface area contributed by atoms with Crippen LogP contribution in [0.4, 0.5) is 5.82 Å². The summed E-state index contributed by atoms with van der Waals surface area (Å²) in [6, 6.07) is 5.91. The molecule has 0 atom stereocenters. The molecule has 0 spiro atoms. The van der Waals surface area contributed by atoms with E-state index in [1.165, 1.54) is 0 Å². The molecule has 0 aromatic carbocycles. The average molecular weight is 271 g/mol. The van der Waals surface area contributed by atoms with Gasteiger partial charge in [-0.05, 0) is 12.1 Å². The van der Waals surface area contributed by atoms with Crippen LogP contribution < -0.4 is 4.90 Å². The van der Waals surface area contributed by atoms with Gasteiger partial charge in [-0.1, -0.05) is 0 Å². The molecule has 20 heavy (non-hydrogen) atoms. The first-order valence-electron chi connectivity index (χ1n) is 6.70. The summed E-state index contributed by atoms with van der Waals surface area (Å²) in [5.41, 5.74) is 0. The molecule has 3 rings (SSSR count). The van der Waals surface area contributed by atoms with Gasteiger partial charge in [0, 0.05) is 51.6 Å². The number of nitrogens with zero attached hydrogens (tertiary/aromatic N) is 5. The normalized spacial score (nSPS) is 15.4. The molecule has 3 heterocycles. The molecule has 1 aliphatic heterocycles. The van der Waals surface area contributed by atoms with Crippen LogP contribution >= 0.6 is 0 Å². The van der Waals surface area contributed by atoms with Crippen molar-refractivity contribution in [3.05, 3.63) is 36.9 Å². The number of hydrogen-bond donors (Lipinski definition) is 0. The molecule has 0 unspecified atom stereocenters. The van der Waals surface area contributed by atoms with Gasteiger partial charge in [0.2, 0.25) is 5.91 Å². The lowest BCUT2D eigenvalue weighted by Gasteiger charge is -2.34. The third-order valence-corrected chi connectivity index (χ3v) is 3.56. The zero-order valence-corrected chi connectivity index (χ0v) is 11.4. The van der Waals surface area contributed by atoms with Crippen LogP contribution in [0.15, 0.2) is 36.9 Å². The summed E-state index contributed by atoms with van der Waals surface area (Å²) in [4.78, 5) is 24.0. The van der Waals surface area contributed by atoms with Crippen molar-refractivity contribution in [1.29, 1.82) is 0 Å². The number of piperazine rings is 1. The lowest BCUT2D eigenvalue weighted by Crippen LogP contribution is -2.48. The summed E-state index contributed by atoms with van der Waals surface area (Å²) in [5, 5.41) is 0. The molecular weight excluding hydrogens is 254 g/mol. The molecule has 2 aromatic heterocycles. The van der Waals surface area contributed by atoms with Gasteiger partial charge in [-0.3, -0.25) is 4.79 Å². The van der Waals surface area contributed by atoms with Gasteiger partial charge in [0.1, 0.15) is 18.0 Å². The summed E-state index contributed by atoms with van der Waals surface area (Å²) < 4.78 is 1.96. The van der Waals surface area contributed by atoms with Crippen molar-refractivity contribution in [3.8, 4) is 5.82 Å². The van der Waals surface area contributed by atoms with Crippen molar-refractivity contribution in [1.82, 2.24) is 19.4 Å². The standard InChI is InChI=1S/C14H17N5O/c1-12(20)17-6-8-19(9-7-17)14-10-13(15-11-16-14)18-4-2-3-5-18/h2-5,10-11H,6-9H2,1H3. The van der Waals surface area contributed by atoms with Crippen LogP contribution in [-0.2, 0) is 4.79 Å². The van der Waals surface area contributed by atoms with Gasteiger partial charge in [-0.2, -0.15) is 0 Å². The van der Waals surface area contributed by atoms with Crippen LogP contribution in [0.2, 0.25) is 0 Å². The van der Waals surface area contributed by atoms with Crippen LogP contribution in [-0.4, -0.2) is 51.5 Å². The zero-order chi connectivity index (χ0) is 13.9. The van der Waals surface area contributed by atoms with Crippen LogP contribution in [0.1, 0.15) is 6.92 Å². The quantitative estimate of drug-likeness (QED) is 0.815. The Morgan fingerprint density at radius 1 is 1.05 bits per heavy atom. The second-order valence-electron chi connectivity index (χ2n) is 4.82. The molecule has 0 N–H and O–H groups in total. The second kappa shape index (κ2) is 5.32. The predicted octanol–water partition coefficient (Wildman–Crippen LogP) is 0.936. The average Bonchev–Trinajstić information content (AvgIpc) is 3.02. The second-order valence-corrected chi connectivity index (χ2v) is 4.82. The molecule has 6 nitrogen and oxygen atoms in total. The molecule has 104 valence electrons. The van der Waals surface area contributed by atoms with Gasteiger partial charge in [0.25, 0.3) is 0 Å². The van der Waals surface area contributed by atoms with Crippen LogP contribution in [0.5, 0.6) is 0 Å². The van der Waals surface area contributed by atoms with E-state index in [1.54, 1.807) is 13.3 Å². The summed E-state index contributed by atoms with van der Waals surface area (Å²) in [6.45, 7) is 4.73. The zero-order valence-electron chi connectivity index (χ0n) is 11.4. The van der Waals surface area contributed by atoms with Gasteiger partial charge in [0.15, 0.2) is 0 Å².